The Balaban J connectivity index is 1.52. The van der Waals surface area contributed by atoms with E-state index >= 15 is 0 Å². The van der Waals surface area contributed by atoms with Crippen LogP contribution in [0, 0.1) is 0 Å². The van der Waals surface area contributed by atoms with Gasteiger partial charge in [-0.05, 0) is 44.7 Å². The molecule has 2 N–H and O–H groups in total. The van der Waals surface area contributed by atoms with Crippen LogP contribution >= 0.6 is 0 Å². The second kappa shape index (κ2) is 8.68. The Bertz CT molecular complexity index is 1030. The predicted octanol–water partition coefficient (Wildman–Crippen LogP) is 4.89. The molecule has 1 aliphatic carbocycles. The van der Waals surface area contributed by atoms with E-state index in [1.165, 1.54) is 0 Å². The molecule has 31 heavy (non-hydrogen) atoms. The zero-order valence-corrected chi connectivity index (χ0v) is 17.5. The third-order valence-corrected chi connectivity index (χ3v) is 5.80. The summed E-state index contributed by atoms with van der Waals surface area (Å²) in [6.45, 7) is 3.73. The van der Waals surface area contributed by atoms with Gasteiger partial charge in [-0.2, -0.15) is 18.2 Å². The number of anilines is 2. The van der Waals surface area contributed by atoms with Gasteiger partial charge in [0.1, 0.15) is 17.2 Å². The van der Waals surface area contributed by atoms with E-state index in [0.29, 0.717) is 6.42 Å². The lowest BCUT2D eigenvalue weighted by molar-refractivity contribution is -0.137. The maximum absolute atomic E-state index is 13.4. The highest BCUT2D eigenvalue weighted by atomic mass is 19.4. The van der Waals surface area contributed by atoms with Crippen LogP contribution in [0.15, 0.2) is 30.6 Å². The monoisotopic (exact) mass is 433 g/mol. The molecule has 3 aromatic rings. The zero-order valence-electron chi connectivity index (χ0n) is 17.5. The van der Waals surface area contributed by atoms with Crippen LogP contribution in [0.25, 0.3) is 5.65 Å². The van der Waals surface area contributed by atoms with Gasteiger partial charge >= 0.3 is 6.18 Å². The fourth-order valence-electron chi connectivity index (χ4n) is 3.98. The van der Waals surface area contributed by atoms with Gasteiger partial charge in [0.2, 0.25) is 5.95 Å². The van der Waals surface area contributed by atoms with E-state index in [1.807, 2.05) is 42.6 Å². The molecule has 4 rings (SSSR count). The van der Waals surface area contributed by atoms with Gasteiger partial charge in [0.25, 0.3) is 0 Å². The van der Waals surface area contributed by atoms with Crippen molar-refractivity contribution in [1.29, 1.82) is 0 Å². The molecule has 3 heterocycles. The molecule has 7 nitrogen and oxygen atoms in total. The number of hydrogen-bond donors (Lipinski definition) is 2. The fraction of sp³-hybridized carbons (Fsp3) is 0.524. The first-order valence-corrected chi connectivity index (χ1v) is 10.6. The van der Waals surface area contributed by atoms with E-state index in [-0.39, 0.29) is 29.8 Å². The fourth-order valence-corrected chi connectivity index (χ4v) is 3.98. The van der Waals surface area contributed by atoms with E-state index in [1.54, 1.807) is 0 Å². The maximum Gasteiger partial charge on any atom is 0.421 e. The van der Waals surface area contributed by atoms with Crippen molar-refractivity contribution < 1.29 is 13.2 Å². The Labute approximate surface area is 178 Å². The van der Waals surface area contributed by atoms with Crippen LogP contribution in [0.5, 0.6) is 0 Å². The van der Waals surface area contributed by atoms with Crippen molar-refractivity contribution >= 4 is 17.4 Å². The topological polar surface area (TPSA) is 80.0 Å². The van der Waals surface area contributed by atoms with Crippen LogP contribution in [-0.4, -0.2) is 36.6 Å². The van der Waals surface area contributed by atoms with Crippen molar-refractivity contribution in [2.24, 2.45) is 0 Å². The average molecular weight is 433 g/mol. The van der Waals surface area contributed by atoms with Gasteiger partial charge in [-0.25, -0.2) is 4.98 Å². The lowest BCUT2D eigenvalue weighted by Crippen LogP contribution is -2.29. The zero-order chi connectivity index (χ0) is 22.0. The van der Waals surface area contributed by atoms with Crippen molar-refractivity contribution in [3.63, 3.8) is 0 Å². The number of halogens is 3. The Morgan fingerprint density at radius 3 is 2.84 bits per heavy atom. The van der Waals surface area contributed by atoms with E-state index in [0.717, 1.165) is 43.4 Å². The number of nitrogens with zero attached hydrogens (tertiary/aromatic N) is 5. The molecule has 0 radical (unpaired) electrons. The van der Waals surface area contributed by atoms with Gasteiger partial charge in [-0.3, -0.25) is 4.40 Å². The Morgan fingerprint density at radius 2 is 2.06 bits per heavy atom. The number of hydrogen-bond acceptors (Lipinski definition) is 6. The number of aromatic nitrogens is 5. The summed E-state index contributed by atoms with van der Waals surface area (Å²) in [5, 5.41) is 14.7. The minimum absolute atomic E-state index is 0.0444. The van der Waals surface area contributed by atoms with Crippen molar-refractivity contribution in [3.05, 3.63) is 42.0 Å². The number of nitrogens with one attached hydrogen (secondary N) is 2. The second-order valence-electron chi connectivity index (χ2n) is 8.10. The number of fused-ring (bicyclic) bond motifs is 1. The number of rotatable bonds is 6. The molecule has 1 fully saturated rings. The summed E-state index contributed by atoms with van der Waals surface area (Å²) in [6.07, 6.45) is 2.62. The molecule has 0 amide bonds. The largest absolute Gasteiger partial charge is 0.421 e. The summed E-state index contributed by atoms with van der Waals surface area (Å²) >= 11 is 0. The van der Waals surface area contributed by atoms with E-state index in [2.05, 4.69) is 30.8 Å². The first kappa shape index (κ1) is 21.3. The van der Waals surface area contributed by atoms with Crippen LogP contribution in [0.1, 0.15) is 63.3 Å². The minimum atomic E-state index is -4.51. The molecule has 0 saturated heterocycles. The summed E-state index contributed by atoms with van der Waals surface area (Å²) in [4.78, 5) is 8.13. The van der Waals surface area contributed by atoms with Crippen molar-refractivity contribution in [1.82, 2.24) is 24.6 Å². The Hall–Kier alpha value is -2.91. The third kappa shape index (κ3) is 4.72. The average Bonchev–Trinajstić information content (AvgIpc) is 3.17. The first-order chi connectivity index (χ1) is 14.8. The van der Waals surface area contributed by atoms with Gasteiger partial charge < -0.3 is 10.6 Å². The van der Waals surface area contributed by atoms with Gasteiger partial charge in [0.05, 0.1) is 0 Å². The molecular formula is C21H26F3N7. The van der Waals surface area contributed by atoms with E-state index in [4.69, 9.17) is 0 Å². The molecule has 1 saturated carbocycles. The number of alkyl halides is 3. The summed E-state index contributed by atoms with van der Waals surface area (Å²) in [5.41, 5.74) is -0.0470. The molecule has 3 atom stereocenters. The van der Waals surface area contributed by atoms with Crippen LogP contribution in [-0.2, 0) is 6.18 Å². The normalized spacial score (nSPS) is 20.5. The van der Waals surface area contributed by atoms with Crippen LogP contribution in [0.3, 0.4) is 0 Å². The summed E-state index contributed by atoms with van der Waals surface area (Å²) in [6, 6.07) is 5.69. The molecule has 0 bridgehead atoms. The molecule has 0 aromatic carbocycles. The van der Waals surface area contributed by atoms with Gasteiger partial charge in [0, 0.05) is 30.4 Å². The van der Waals surface area contributed by atoms with Crippen LogP contribution in [0.4, 0.5) is 24.9 Å². The number of pyridine rings is 1. The molecule has 0 spiro atoms. The van der Waals surface area contributed by atoms with Crippen LogP contribution in [0.2, 0.25) is 0 Å². The van der Waals surface area contributed by atoms with Crippen molar-refractivity contribution in [2.45, 2.75) is 70.1 Å². The van der Waals surface area contributed by atoms with Crippen LogP contribution < -0.4 is 10.6 Å². The second-order valence-corrected chi connectivity index (χ2v) is 8.10. The van der Waals surface area contributed by atoms with Gasteiger partial charge in [0.15, 0.2) is 5.65 Å². The maximum atomic E-state index is 13.4. The van der Waals surface area contributed by atoms with Crippen molar-refractivity contribution in [2.75, 3.05) is 10.6 Å². The molecule has 1 aliphatic rings. The van der Waals surface area contributed by atoms with Crippen molar-refractivity contribution in [3.8, 4) is 0 Å². The quantitative estimate of drug-likeness (QED) is 0.576. The first-order valence-electron chi connectivity index (χ1n) is 10.6. The lowest BCUT2D eigenvalue weighted by atomic mass is 9.85. The minimum Gasteiger partial charge on any atom is -0.367 e. The Morgan fingerprint density at radius 1 is 1.23 bits per heavy atom. The summed E-state index contributed by atoms with van der Waals surface area (Å²) in [7, 11) is 0. The summed E-state index contributed by atoms with van der Waals surface area (Å²) in [5.74, 6) is 1.14. The Kier molecular flexibility index (Phi) is 5.97. The van der Waals surface area contributed by atoms with E-state index in [9.17, 15) is 13.2 Å². The van der Waals surface area contributed by atoms with Gasteiger partial charge in [-0.1, -0.05) is 19.4 Å². The highest BCUT2D eigenvalue weighted by molar-refractivity contribution is 5.49. The molecule has 0 unspecified atom stereocenters. The van der Waals surface area contributed by atoms with E-state index < -0.39 is 11.7 Å². The molecular weight excluding hydrogens is 407 g/mol. The predicted molar refractivity (Wildman–Crippen MR) is 112 cm³/mol. The van der Waals surface area contributed by atoms with Gasteiger partial charge in [-0.15, -0.1) is 10.2 Å². The standard InChI is InChI=1S/C21H26F3N7/c1-3-13(2)26-18-16(21(22,23)24)12-25-20(28-18)27-15-8-6-7-14(11-15)19-30-29-17-9-4-5-10-31(17)19/h4-5,9-10,12-15H,3,6-8,11H2,1-2H3,(H2,25,26,27,28)/t13-,14+,15-/m1/s1. The molecule has 0 aliphatic heterocycles. The summed E-state index contributed by atoms with van der Waals surface area (Å²) < 4.78 is 42.1. The highest BCUT2D eigenvalue weighted by Crippen LogP contribution is 2.36. The molecule has 166 valence electrons. The lowest BCUT2D eigenvalue weighted by Gasteiger charge is -2.29. The molecule has 3 aromatic heterocycles. The SMILES string of the molecule is CC[C@@H](C)Nc1nc(N[C@@H]2CCC[C@H](c3nnc4ccccn34)C2)ncc1C(F)(F)F. The smallest absolute Gasteiger partial charge is 0.367 e. The highest BCUT2D eigenvalue weighted by Gasteiger charge is 2.36. The molecule has 10 heteroatoms. The third-order valence-electron chi connectivity index (χ3n) is 5.80.